The van der Waals surface area contributed by atoms with Crippen molar-refractivity contribution in [2.45, 2.75) is 50.4 Å². The molecule has 4 heterocycles. The van der Waals surface area contributed by atoms with Crippen molar-refractivity contribution < 1.29 is 23.0 Å². The van der Waals surface area contributed by atoms with E-state index in [1.807, 2.05) is 92.7 Å². The summed E-state index contributed by atoms with van der Waals surface area (Å²) in [6, 6.07) is 29.0. The number of rotatable bonds is 15. The maximum Gasteiger partial charge on any atom is 0.350 e. The molecule has 2 saturated heterocycles. The van der Waals surface area contributed by atoms with Crippen LogP contribution in [0.2, 0.25) is 0 Å². The van der Waals surface area contributed by atoms with Gasteiger partial charge in [-0.15, -0.1) is 0 Å². The lowest BCUT2D eigenvalue weighted by Crippen LogP contribution is -2.46. The van der Waals surface area contributed by atoms with Gasteiger partial charge < -0.3 is 35.1 Å². The third kappa shape index (κ3) is 8.76. The minimum absolute atomic E-state index is 0.0253. The SMILES string of the molecule is CC(NC(CN)c1ccccc1)C(C)n1ncn(-c2ccc(N3CCN(c4ccc(OCC5COC(Cn6cncn6)(c6ccc(F)cc6F)O5)cc4)CC3)cc2)c1=O. The lowest BCUT2D eigenvalue weighted by Gasteiger charge is -2.37. The molecule has 2 aliphatic heterocycles. The van der Waals surface area contributed by atoms with Crippen molar-refractivity contribution in [3.8, 4) is 11.4 Å². The van der Waals surface area contributed by atoms with Gasteiger partial charge in [-0.1, -0.05) is 30.3 Å². The fraction of sp³-hybridized carbons (Fsp3) is 0.349. The molecule has 5 atom stereocenters. The summed E-state index contributed by atoms with van der Waals surface area (Å²) in [6.07, 6.45) is 3.91. The number of hydrogen-bond donors (Lipinski definition) is 2. The van der Waals surface area contributed by atoms with Crippen molar-refractivity contribution in [3.05, 3.63) is 149 Å². The van der Waals surface area contributed by atoms with Crippen LogP contribution < -0.4 is 31.3 Å². The molecular formula is C43H48F2N10O4. The van der Waals surface area contributed by atoms with E-state index in [9.17, 15) is 13.6 Å². The molecule has 0 aliphatic carbocycles. The Hall–Kier alpha value is -5.94. The van der Waals surface area contributed by atoms with Crippen LogP contribution in [0.5, 0.6) is 5.75 Å². The molecule has 2 aliphatic rings. The Balaban J connectivity index is 0.827. The average Bonchev–Trinajstić information content (AvgIpc) is 4.03. The second-order valence-electron chi connectivity index (χ2n) is 14.9. The van der Waals surface area contributed by atoms with Crippen LogP contribution in [0.25, 0.3) is 5.69 Å². The molecule has 4 aromatic carbocycles. The van der Waals surface area contributed by atoms with E-state index >= 15 is 0 Å². The first-order valence-corrected chi connectivity index (χ1v) is 19.8. The molecule has 0 saturated carbocycles. The van der Waals surface area contributed by atoms with E-state index in [0.29, 0.717) is 12.3 Å². The molecule has 5 unspecified atom stereocenters. The minimum atomic E-state index is -1.52. The van der Waals surface area contributed by atoms with Crippen LogP contribution in [0.15, 0.2) is 121 Å². The highest BCUT2D eigenvalue weighted by atomic mass is 19.1. The monoisotopic (exact) mass is 806 g/mol. The molecule has 3 N–H and O–H groups in total. The summed E-state index contributed by atoms with van der Waals surface area (Å²) in [4.78, 5) is 22.1. The first-order chi connectivity index (χ1) is 28.7. The van der Waals surface area contributed by atoms with Gasteiger partial charge in [-0.05, 0) is 80.1 Å². The van der Waals surface area contributed by atoms with Crippen LogP contribution in [0.4, 0.5) is 20.2 Å². The highest BCUT2D eigenvalue weighted by Gasteiger charge is 2.46. The molecule has 2 aromatic heterocycles. The number of ether oxygens (including phenoxy) is 3. The summed E-state index contributed by atoms with van der Waals surface area (Å²) in [5.41, 5.74) is 9.99. The molecule has 0 radical (unpaired) electrons. The Kier molecular flexibility index (Phi) is 11.8. The number of benzene rings is 4. The van der Waals surface area contributed by atoms with E-state index in [0.717, 1.165) is 54.9 Å². The molecular weight excluding hydrogens is 759 g/mol. The number of aromatic nitrogens is 6. The zero-order valence-corrected chi connectivity index (χ0v) is 33.0. The van der Waals surface area contributed by atoms with Crippen LogP contribution in [-0.2, 0) is 21.8 Å². The van der Waals surface area contributed by atoms with E-state index in [-0.39, 0.29) is 49.1 Å². The normalized spacial score (nSPS) is 19.8. The van der Waals surface area contributed by atoms with E-state index in [2.05, 4.69) is 30.3 Å². The predicted molar refractivity (Wildman–Crippen MR) is 219 cm³/mol. The van der Waals surface area contributed by atoms with Gasteiger partial charge in [0.15, 0.2) is 0 Å². The van der Waals surface area contributed by atoms with Crippen LogP contribution in [0, 0.1) is 11.6 Å². The Labute approximate surface area is 340 Å². The standard InChI is InChI=1S/C43H48F2N10O4/c1-30(50-41(23-46)32-6-4-3-5-7-32)31(2)55-42(56)54(29-49-55)36-11-9-34(10-12-36)51-18-20-52(21-19-51)35-13-15-37(16-14-35)57-24-38-25-58-43(59-38,26-53-28-47-27-48-53)39-17-8-33(44)22-40(39)45/h3-17,22,27-31,38,41,50H,18-21,23-26,46H2,1-2H3. The number of piperazine rings is 1. The van der Waals surface area contributed by atoms with Crippen molar-refractivity contribution >= 4 is 11.4 Å². The number of nitrogens with zero attached hydrogens (tertiary/aromatic N) is 8. The molecule has 308 valence electrons. The van der Waals surface area contributed by atoms with E-state index in [1.165, 1.54) is 34.2 Å². The highest BCUT2D eigenvalue weighted by Crippen LogP contribution is 2.38. The molecule has 59 heavy (non-hydrogen) atoms. The number of halogens is 2. The summed E-state index contributed by atoms with van der Waals surface area (Å²) < 4.78 is 51.6. The van der Waals surface area contributed by atoms with Crippen LogP contribution in [0.3, 0.4) is 0 Å². The average molecular weight is 807 g/mol. The fourth-order valence-electron chi connectivity index (χ4n) is 7.70. The molecule has 16 heteroatoms. The lowest BCUT2D eigenvalue weighted by molar-refractivity contribution is -0.192. The minimum Gasteiger partial charge on any atom is -0.491 e. The van der Waals surface area contributed by atoms with Gasteiger partial charge in [0.2, 0.25) is 5.79 Å². The molecule has 0 amide bonds. The van der Waals surface area contributed by atoms with Gasteiger partial charge in [-0.3, -0.25) is 0 Å². The van der Waals surface area contributed by atoms with Gasteiger partial charge in [0.1, 0.15) is 55.6 Å². The zero-order valence-electron chi connectivity index (χ0n) is 33.0. The smallest absolute Gasteiger partial charge is 0.350 e. The molecule has 0 bridgehead atoms. The quantitative estimate of drug-likeness (QED) is 0.148. The summed E-state index contributed by atoms with van der Waals surface area (Å²) in [5.74, 6) is -2.33. The summed E-state index contributed by atoms with van der Waals surface area (Å²) in [6.45, 7) is 8.11. The Bertz CT molecular complexity index is 2340. The predicted octanol–water partition coefficient (Wildman–Crippen LogP) is 4.82. The topological polar surface area (TPSA) is 143 Å². The fourth-order valence-corrected chi connectivity index (χ4v) is 7.70. The third-order valence-electron chi connectivity index (χ3n) is 11.2. The van der Waals surface area contributed by atoms with Gasteiger partial charge in [-0.2, -0.15) is 10.2 Å². The van der Waals surface area contributed by atoms with Gasteiger partial charge >= 0.3 is 5.69 Å². The number of hydrogen-bond acceptors (Lipinski definition) is 11. The zero-order chi connectivity index (χ0) is 40.9. The van der Waals surface area contributed by atoms with Gasteiger partial charge in [0, 0.05) is 67.8 Å². The van der Waals surface area contributed by atoms with Crippen molar-refractivity contribution in [2.75, 3.05) is 55.7 Å². The lowest BCUT2D eigenvalue weighted by atomic mass is 10.0. The largest absolute Gasteiger partial charge is 0.491 e. The third-order valence-corrected chi connectivity index (χ3v) is 11.2. The van der Waals surface area contributed by atoms with Crippen LogP contribution in [-0.4, -0.2) is 87.2 Å². The van der Waals surface area contributed by atoms with Crippen LogP contribution >= 0.6 is 0 Å². The maximum atomic E-state index is 14.9. The molecule has 0 spiro atoms. The number of anilines is 2. The Morgan fingerprint density at radius 1 is 0.881 bits per heavy atom. The van der Waals surface area contributed by atoms with E-state index in [4.69, 9.17) is 19.9 Å². The number of nitrogens with one attached hydrogen (secondary N) is 1. The summed E-state index contributed by atoms with van der Waals surface area (Å²) >= 11 is 0. The first-order valence-electron chi connectivity index (χ1n) is 19.8. The Morgan fingerprint density at radius 3 is 2.20 bits per heavy atom. The van der Waals surface area contributed by atoms with Crippen LogP contribution in [0.1, 0.15) is 37.1 Å². The second-order valence-corrected chi connectivity index (χ2v) is 14.9. The molecule has 2 fully saturated rings. The molecule has 8 rings (SSSR count). The van der Waals surface area contributed by atoms with Gasteiger partial charge in [0.25, 0.3) is 0 Å². The maximum absolute atomic E-state index is 14.9. The van der Waals surface area contributed by atoms with Crippen molar-refractivity contribution in [1.82, 2.24) is 34.4 Å². The van der Waals surface area contributed by atoms with Crippen molar-refractivity contribution in [1.29, 1.82) is 0 Å². The highest BCUT2D eigenvalue weighted by molar-refractivity contribution is 5.54. The van der Waals surface area contributed by atoms with Gasteiger partial charge in [-0.25, -0.2) is 32.5 Å². The van der Waals surface area contributed by atoms with E-state index < -0.39 is 23.5 Å². The summed E-state index contributed by atoms with van der Waals surface area (Å²) in [7, 11) is 0. The summed E-state index contributed by atoms with van der Waals surface area (Å²) in [5, 5.41) is 12.2. The number of nitrogens with two attached hydrogens (primary N) is 1. The van der Waals surface area contributed by atoms with E-state index in [1.54, 1.807) is 10.9 Å². The Morgan fingerprint density at radius 2 is 1.56 bits per heavy atom. The molecule has 14 nitrogen and oxygen atoms in total. The van der Waals surface area contributed by atoms with Gasteiger partial charge in [0.05, 0.1) is 18.3 Å². The first kappa shape index (κ1) is 39.9. The van der Waals surface area contributed by atoms with Crippen molar-refractivity contribution in [3.63, 3.8) is 0 Å². The van der Waals surface area contributed by atoms with Crippen molar-refractivity contribution in [2.24, 2.45) is 5.73 Å². The molecule has 6 aromatic rings. The second kappa shape index (κ2) is 17.5.